The number of benzene rings is 1. The molecule has 2 heteroatoms. The number of hydrogen-bond acceptors (Lipinski definition) is 2. The molecule has 2 nitrogen and oxygen atoms in total. The average molecular weight is 248 g/mol. The molecule has 0 aliphatic rings. The predicted molar refractivity (Wildman–Crippen MR) is 81.2 cm³/mol. The molecule has 0 radical (unpaired) electrons. The Morgan fingerprint density at radius 3 is 2.00 bits per heavy atom. The van der Waals surface area contributed by atoms with E-state index in [9.17, 15) is 0 Å². The van der Waals surface area contributed by atoms with Crippen LogP contribution in [0.4, 0.5) is 5.69 Å². The van der Waals surface area contributed by atoms with Gasteiger partial charge in [-0.05, 0) is 43.5 Å². The first-order chi connectivity index (χ1) is 8.81. The van der Waals surface area contributed by atoms with Crippen molar-refractivity contribution >= 4 is 5.69 Å². The fourth-order valence-electron chi connectivity index (χ4n) is 2.14. The molecule has 1 aromatic carbocycles. The Kier molecular flexibility index (Phi) is 7.51. The van der Waals surface area contributed by atoms with Crippen LogP contribution < -0.4 is 10.2 Å². The summed E-state index contributed by atoms with van der Waals surface area (Å²) in [6, 6.07) is 9.01. The molecule has 0 unspecified atom stereocenters. The smallest absolute Gasteiger partial charge is 0.0366 e. The van der Waals surface area contributed by atoms with Crippen LogP contribution in [0.2, 0.25) is 0 Å². The highest BCUT2D eigenvalue weighted by atomic mass is 15.1. The highest BCUT2D eigenvalue weighted by Crippen LogP contribution is 2.16. The van der Waals surface area contributed by atoms with E-state index in [0.717, 1.165) is 26.2 Å². The van der Waals surface area contributed by atoms with E-state index in [2.05, 4.69) is 55.3 Å². The maximum absolute atomic E-state index is 3.44. The second-order valence-electron chi connectivity index (χ2n) is 4.83. The molecule has 0 bridgehead atoms. The Balaban J connectivity index is 2.56. The standard InChI is InChI=1S/C16H28N2/c1-4-11-17-14-15-7-9-16(10-8-15)18(12-5-2)13-6-3/h7-10,17H,4-6,11-14H2,1-3H3. The van der Waals surface area contributed by atoms with Crippen LogP contribution in [-0.4, -0.2) is 19.6 Å². The van der Waals surface area contributed by atoms with Crippen LogP contribution in [0.25, 0.3) is 0 Å². The first-order valence-corrected chi connectivity index (χ1v) is 7.36. The molecule has 0 aromatic heterocycles. The molecular formula is C16H28N2. The number of anilines is 1. The van der Waals surface area contributed by atoms with Gasteiger partial charge in [0.1, 0.15) is 0 Å². The van der Waals surface area contributed by atoms with Crippen molar-refractivity contribution < 1.29 is 0 Å². The summed E-state index contributed by atoms with van der Waals surface area (Å²) >= 11 is 0. The molecule has 1 aromatic rings. The second kappa shape index (κ2) is 8.98. The number of rotatable bonds is 9. The molecule has 0 atom stereocenters. The van der Waals surface area contributed by atoms with E-state index in [0.29, 0.717) is 0 Å². The molecule has 0 aliphatic heterocycles. The van der Waals surface area contributed by atoms with Gasteiger partial charge < -0.3 is 10.2 Å². The first kappa shape index (κ1) is 15.0. The normalized spacial score (nSPS) is 10.6. The lowest BCUT2D eigenvalue weighted by atomic mass is 10.2. The summed E-state index contributed by atoms with van der Waals surface area (Å²) in [7, 11) is 0. The third-order valence-electron chi connectivity index (χ3n) is 3.04. The van der Waals surface area contributed by atoms with Crippen molar-refractivity contribution in [2.24, 2.45) is 0 Å². The Hall–Kier alpha value is -1.02. The minimum atomic E-state index is 0.982. The minimum absolute atomic E-state index is 0.982. The van der Waals surface area contributed by atoms with Crippen molar-refractivity contribution in [1.29, 1.82) is 0 Å². The van der Waals surface area contributed by atoms with Gasteiger partial charge in [0.15, 0.2) is 0 Å². The fraction of sp³-hybridized carbons (Fsp3) is 0.625. The monoisotopic (exact) mass is 248 g/mol. The van der Waals surface area contributed by atoms with Crippen molar-refractivity contribution in [3.63, 3.8) is 0 Å². The van der Waals surface area contributed by atoms with Gasteiger partial charge in [-0.15, -0.1) is 0 Å². The van der Waals surface area contributed by atoms with E-state index < -0.39 is 0 Å². The first-order valence-electron chi connectivity index (χ1n) is 7.36. The summed E-state index contributed by atoms with van der Waals surface area (Å²) < 4.78 is 0. The van der Waals surface area contributed by atoms with E-state index in [1.807, 2.05) is 0 Å². The maximum Gasteiger partial charge on any atom is 0.0366 e. The van der Waals surface area contributed by atoms with Crippen molar-refractivity contribution in [1.82, 2.24) is 5.32 Å². The lowest BCUT2D eigenvalue weighted by Gasteiger charge is -2.24. The number of nitrogens with zero attached hydrogens (tertiary/aromatic N) is 1. The lowest BCUT2D eigenvalue weighted by Crippen LogP contribution is -2.24. The molecule has 0 aliphatic carbocycles. The molecule has 0 heterocycles. The van der Waals surface area contributed by atoms with Crippen molar-refractivity contribution in [3.05, 3.63) is 29.8 Å². The quantitative estimate of drug-likeness (QED) is 0.668. The van der Waals surface area contributed by atoms with Crippen molar-refractivity contribution in [2.45, 2.75) is 46.6 Å². The van der Waals surface area contributed by atoms with Crippen LogP contribution in [-0.2, 0) is 6.54 Å². The third-order valence-corrected chi connectivity index (χ3v) is 3.04. The Bertz CT molecular complexity index is 299. The van der Waals surface area contributed by atoms with Crippen molar-refractivity contribution in [2.75, 3.05) is 24.5 Å². The van der Waals surface area contributed by atoms with Gasteiger partial charge in [-0.25, -0.2) is 0 Å². The average Bonchev–Trinajstić information content (AvgIpc) is 2.40. The third kappa shape index (κ3) is 5.09. The Labute approximate surface area is 112 Å². The summed E-state index contributed by atoms with van der Waals surface area (Å²) in [6.45, 7) is 11.1. The highest BCUT2D eigenvalue weighted by Gasteiger charge is 2.03. The van der Waals surface area contributed by atoms with Gasteiger partial charge >= 0.3 is 0 Å². The summed E-state index contributed by atoms with van der Waals surface area (Å²) in [6.07, 6.45) is 3.61. The molecule has 0 fully saturated rings. The van der Waals surface area contributed by atoms with Gasteiger partial charge in [0.05, 0.1) is 0 Å². The highest BCUT2D eigenvalue weighted by molar-refractivity contribution is 5.47. The SMILES string of the molecule is CCCNCc1ccc(N(CCC)CCC)cc1. The molecule has 0 saturated carbocycles. The minimum Gasteiger partial charge on any atom is -0.372 e. The van der Waals surface area contributed by atoms with Gasteiger partial charge in [0, 0.05) is 25.3 Å². The van der Waals surface area contributed by atoms with E-state index in [1.54, 1.807) is 0 Å². The Morgan fingerprint density at radius 2 is 1.50 bits per heavy atom. The zero-order chi connectivity index (χ0) is 13.2. The molecule has 102 valence electrons. The molecule has 0 saturated heterocycles. The van der Waals surface area contributed by atoms with Gasteiger partial charge in [-0.1, -0.05) is 32.9 Å². The topological polar surface area (TPSA) is 15.3 Å². The molecular weight excluding hydrogens is 220 g/mol. The Morgan fingerprint density at radius 1 is 0.889 bits per heavy atom. The van der Waals surface area contributed by atoms with Crippen LogP contribution in [0, 0.1) is 0 Å². The van der Waals surface area contributed by atoms with Crippen LogP contribution in [0.1, 0.15) is 45.6 Å². The predicted octanol–water partition coefficient (Wildman–Crippen LogP) is 3.81. The summed E-state index contributed by atoms with van der Waals surface area (Å²) in [5.41, 5.74) is 2.73. The van der Waals surface area contributed by atoms with Crippen molar-refractivity contribution in [3.8, 4) is 0 Å². The van der Waals surface area contributed by atoms with E-state index in [4.69, 9.17) is 0 Å². The molecule has 1 N–H and O–H groups in total. The number of hydrogen-bond donors (Lipinski definition) is 1. The van der Waals surface area contributed by atoms with Gasteiger partial charge in [-0.3, -0.25) is 0 Å². The molecule has 0 spiro atoms. The summed E-state index contributed by atoms with van der Waals surface area (Å²) in [5.74, 6) is 0. The maximum atomic E-state index is 3.44. The molecule has 18 heavy (non-hydrogen) atoms. The van der Waals surface area contributed by atoms with Crippen LogP contribution in [0.15, 0.2) is 24.3 Å². The van der Waals surface area contributed by atoms with E-state index in [-0.39, 0.29) is 0 Å². The van der Waals surface area contributed by atoms with Crippen LogP contribution in [0.5, 0.6) is 0 Å². The summed E-state index contributed by atoms with van der Waals surface area (Å²) in [4.78, 5) is 2.48. The number of nitrogens with one attached hydrogen (secondary N) is 1. The van der Waals surface area contributed by atoms with E-state index in [1.165, 1.54) is 30.5 Å². The summed E-state index contributed by atoms with van der Waals surface area (Å²) in [5, 5.41) is 3.44. The zero-order valence-corrected chi connectivity index (χ0v) is 12.2. The van der Waals surface area contributed by atoms with Gasteiger partial charge in [0.25, 0.3) is 0 Å². The van der Waals surface area contributed by atoms with Crippen LogP contribution >= 0.6 is 0 Å². The fourth-order valence-corrected chi connectivity index (χ4v) is 2.14. The largest absolute Gasteiger partial charge is 0.372 e. The lowest BCUT2D eigenvalue weighted by molar-refractivity contribution is 0.675. The van der Waals surface area contributed by atoms with Gasteiger partial charge in [0.2, 0.25) is 0 Å². The molecule has 1 rings (SSSR count). The second-order valence-corrected chi connectivity index (χ2v) is 4.83. The van der Waals surface area contributed by atoms with Gasteiger partial charge in [-0.2, -0.15) is 0 Å². The zero-order valence-electron chi connectivity index (χ0n) is 12.2. The van der Waals surface area contributed by atoms with E-state index >= 15 is 0 Å². The molecule has 0 amide bonds. The van der Waals surface area contributed by atoms with Crippen LogP contribution in [0.3, 0.4) is 0 Å².